The van der Waals surface area contributed by atoms with E-state index in [9.17, 15) is 17.6 Å². The van der Waals surface area contributed by atoms with Crippen molar-refractivity contribution in [2.45, 2.75) is 6.36 Å². The summed E-state index contributed by atoms with van der Waals surface area (Å²) in [6.07, 6.45) is -4.25. The van der Waals surface area contributed by atoms with Gasteiger partial charge in [0.2, 0.25) is 5.82 Å². The Morgan fingerprint density at radius 1 is 1.29 bits per heavy atom. The van der Waals surface area contributed by atoms with Crippen LogP contribution in [-0.4, -0.2) is 11.3 Å². The second-order valence-electron chi connectivity index (χ2n) is 2.29. The first-order valence-corrected chi connectivity index (χ1v) is 3.26. The topological polar surface area (TPSA) is 74.2 Å². The Morgan fingerprint density at radius 3 is 2.36 bits per heavy atom. The first-order valence-electron chi connectivity index (χ1n) is 3.26. The third kappa shape index (κ3) is 2.15. The summed E-state index contributed by atoms with van der Waals surface area (Å²) in [6.45, 7) is 0. The summed E-state index contributed by atoms with van der Waals surface area (Å²) in [5.41, 5.74) is 9.36. The van der Waals surface area contributed by atoms with Gasteiger partial charge in [-0.25, -0.2) is 4.98 Å². The summed E-state index contributed by atoms with van der Waals surface area (Å²) >= 11 is 0. The Balaban J connectivity index is 3.13. The Labute approximate surface area is 75.5 Å². The van der Waals surface area contributed by atoms with Crippen LogP contribution in [0.5, 0.6) is 5.75 Å². The third-order valence-electron chi connectivity index (χ3n) is 1.25. The first-order chi connectivity index (χ1) is 6.31. The molecule has 1 aromatic rings. The van der Waals surface area contributed by atoms with E-state index >= 15 is 0 Å². The quantitative estimate of drug-likeness (QED) is 0.686. The maximum absolute atomic E-state index is 12.9. The van der Waals surface area contributed by atoms with Crippen LogP contribution in [0.1, 0.15) is 0 Å². The van der Waals surface area contributed by atoms with Crippen molar-refractivity contribution in [3.63, 3.8) is 0 Å². The van der Waals surface area contributed by atoms with Crippen molar-refractivity contribution in [2.75, 3.05) is 11.5 Å². The molecule has 0 amide bonds. The van der Waals surface area contributed by atoms with E-state index in [1.54, 1.807) is 0 Å². The lowest BCUT2D eigenvalue weighted by atomic mass is 10.3. The summed E-state index contributed by atoms with van der Waals surface area (Å²) in [6, 6.07) is 0. The SMILES string of the molecule is Nc1cnc(N)c(F)c1OC(F)(F)F. The number of pyridine rings is 1. The molecule has 0 spiro atoms. The Kier molecular flexibility index (Phi) is 2.37. The number of aromatic nitrogens is 1. The molecule has 8 heteroatoms. The van der Waals surface area contributed by atoms with Gasteiger partial charge in [0.05, 0.1) is 11.9 Å². The maximum Gasteiger partial charge on any atom is 0.573 e. The first kappa shape index (κ1) is 10.4. The van der Waals surface area contributed by atoms with E-state index in [2.05, 4.69) is 9.72 Å². The maximum atomic E-state index is 12.9. The van der Waals surface area contributed by atoms with Gasteiger partial charge in [0.1, 0.15) is 0 Å². The average molecular weight is 211 g/mol. The number of hydrogen-bond donors (Lipinski definition) is 2. The van der Waals surface area contributed by atoms with Crippen LogP contribution in [0.2, 0.25) is 0 Å². The van der Waals surface area contributed by atoms with Crippen LogP contribution in [0.15, 0.2) is 6.20 Å². The lowest BCUT2D eigenvalue weighted by molar-refractivity contribution is -0.275. The van der Waals surface area contributed by atoms with Crippen molar-refractivity contribution >= 4 is 11.5 Å². The molecular weight excluding hydrogens is 206 g/mol. The van der Waals surface area contributed by atoms with Gasteiger partial charge in [0, 0.05) is 0 Å². The van der Waals surface area contributed by atoms with Gasteiger partial charge in [0.25, 0.3) is 0 Å². The average Bonchev–Trinajstić information content (AvgIpc) is 2.04. The van der Waals surface area contributed by atoms with E-state index in [0.717, 1.165) is 6.20 Å². The minimum Gasteiger partial charge on any atom is -0.400 e. The molecular formula is C6H5F4N3O. The van der Waals surface area contributed by atoms with Gasteiger partial charge in [-0.2, -0.15) is 4.39 Å². The largest absolute Gasteiger partial charge is 0.573 e. The van der Waals surface area contributed by atoms with Crippen molar-refractivity contribution in [1.82, 2.24) is 4.98 Å². The number of nitrogens with two attached hydrogens (primary N) is 2. The molecule has 4 N–H and O–H groups in total. The molecule has 0 unspecified atom stereocenters. The Hall–Kier alpha value is -1.73. The van der Waals surface area contributed by atoms with E-state index in [0.29, 0.717) is 0 Å². The molecule has 0 aromatic carbocycles. The van der Waals surface area contributed by atoms with Crippen LogP contribution in [0.3, 0.4) is 0 Å². The van der Waals surface area contributed by atoms with Gasteiger partial charge >= 0.3 is 6.36 Å². The van der Waals surface area contributed by atoms with Crippen molar-refractivity contribution in [3.8, 4) is 5.75 Å². The number of anilines is 2. The highest BCUT2D eigenvalue weighted by atomic mass is 19.4. The second kappa shape index (κ2) is 3.20. The Bertz CT molecular complexity index is 352. The minimum atomic E-state index is -5.03. The molecule has 1 aromatic heterocycles. The molecule has 0 radical (unpaired) electrons. The van der Waals surface area contributed by atoms with Gasteiger partial charge in [-0.15, -0.1) is 13.2 Å². The molecule has 0 fully saturated rings. The molecule has 0 aliphatic carbocycles. The Morgan fingerprint density at radius 2 is 1.86 bits per heavy atom. The van der Waals surface area contributed by atoms with E-state index in [-0.39, 0.29) is 0 Å². The fourth-order valence-electron chi connectivity index (χ4n) is 0.717. The number of nitrogens with zero attached hydrogens (tertiary/aromatic N) is 1. The predicted molar refractivity (Wildman–Crippen MR) is 39.7 cm³/mol. The summed E-state index contributed by atoms with van der Waals surface area (Å²) in [7, 11) is 0. The van der Waals surface area contributed by atoms with Crippen molar-refractivity contribution in [2.24, 2.45) is 0 Å². The monoisotopic (exact) mass is 211 g/mol. The van der Waals surface area contributed by atoms with Crippen molar-refractivity contribution in [3.05, 3.63) is 12.0 Å². The number of alkyl halides is 3. The molecule has 1 rings (SSSR count). The second-order valence-corrected chi connectivity index (χ2v) is 2.29. The molecule has 0 saturated heterocycles. The van der Waals surface area contributed by atoms with Crippen molar-refractivity contribution < 1.29 is 22.3 Å². The molecule has 0 bridgehead atoms. The van der Waals surface area contributed by atoms with Crippen LogP contribution in [-0.2, 0) is 0 Å². The fourth-order valence-corrected chi connectivity index (χ4v) is 0.717. The van der Waals surface area contributed by atoms with Crippen LogP contribution < -0.4 is 16.2 Å². The van der Waals surface area contributed by atoms with E-state index < -0.39 is 29.4 Å². The zero-order valence-corrected chi connectivity index (χ0v) is 6.60. The van der Waals surface area contributed by atoms with Gasteiger partial charge in [-0.3, -0.25) is 0 Å². The van der Waals surface area contributed by atoms with Crippen LogP contribution in [0.25, 0.3) is 0 Å². The number of halogens is 4. The third-order valence-corrected chi connectivity index (χ3v) is 1.25. The smallest absolute Gasteiger partial charge is 0.400 e. The van der Waals surface area contributed by atoms with Gasteiger partial charge in [0.15, 0.2) is 11.6 Å². The summed E-state index contributed by atoms with van der Waals surface area (Å²) < 4.78 is 51.4. The van der Waals surface area contributed by atoms with E-state index in [1.807, 2.05) is 0 Å². The molecule has 0 atom stereocenters. The van der Waals surface area contributed by atoms with Gasteiger partial charge in [-0.1, -0.05) is 0 Å². The minimum absolute atomic E-state index is 0.575. The van der Waals surface area contributed by atoms with Crippen LogP contribution in [0.4, 0.5) is 29.1 Å². The van der Waals surface area contributed by atoms with E-state index in [4.69, 9.17) is 11.5 Å². The molecule has 78 valence electrons. The van der Waals surface area contributed by atoms with E-state index in [1.165, 1.54) is 0 Å². The highest BCUT2D eigenvalue weighted by Gasteiger charge is 2.34. The molecule has 14 heavy (non-hydrogen) atoms. The van der Waals surface area contributed by atoms with Crippen molar-refractivity contribution in [1.29, 1.82) is 0 Å². The zero-order valence-electron chi connectivity index (χ0n) is 6.60. The number of hydrogen-bond acceptors (Lipinski definition) is 4. The molecule has 1 heterocycles. The highest BCUT2D eigenvalue weighted by Crippen LogP contribution is 2.32. The summed E-state index contributed by atoms with van der Waals surface area (Å²) in [5, 5.41) is 0. The van der Waals surface area contributed by atoms with Crippen LogP contribution >= 0.6 is 0 Å². The number of ether oxygens (including phenoxy) is 1. The zero-order chi connectivity index (χ0) is 10.9. The number of nitrogen functional groups attached to an aromatic ring is 2. The predicted octanol–water partition coefficient (Wildman–Crippen LogP) is 1.28. The molecule has 0 aliphatic heterocycles. The lowest BCUT2D eigenvalue weighted by Crippen LogP contribution is -2.19. The summed E-state index contributed by atoms with van der Waals surface area (Å²) in [5.74, 6) is -3.30. The lowest BCUT2D eigenvalue weighted by Gasteiger charge is -2.11. The standard InChI is InChI=1S/C6H5F4N3O/c7-3-4(14-6(8,9)10)2(11)1-13-5(3)12/h1H,11H2,(H2,12,13). The number of rotatable bonds is 1. The van der Waals surface area contributed by atoms with Gasteiger partial charge in [-0.05, 0) is 0 Å². The van der Waals surface area contributed by atoms with Crippen LogP contribution in [0, 0.1) is 5.82 Å². The highest BCUT2D eigenvalue weighted by molar-refractivity contribution is 5.56. The fraction of sp³-hybridized carbons (Fsp3) is 0.167. The summed E-state index contributed by atoms with van der Waals surface area (Å²) in [4.78, 5) is 3.20. The van der Waals surface area contributed by atoms with Gasteiger partial charge < -0.3 is 16.2 Å². The normalized spacial score (nSPS) is 11.4. The molecule has 0 aliphatic rings. The molecule has 0 saturated carbocycles. The molecule has 4 nitrogen and oxygen atoms in total.